The summed E-state index contributed by atoms with van der Waals surface area (Å²) in [6.07, 6.45) is 1.88. The first-order valence-electron chi connectivity index (χ1n) is 4.38. The highest BCUT2D eigenvalue weighted by Gasteiger charge is 1.99. The van der Waals surface area contributed by atoms with Crippen molar-refractivity contribution >= 4 is 22.7 Å². The quantitative estimate of drug-likeness (QED) is 0.672. The Kier molecular flexibility index (Phi) is 2.50. The maximum Gasteiger partial charge on any atom is 0.0713 e. The van der Waals surface area contributed by atoms with Crippen molar-refractivity contribution in [2.24, 2.45) is 0 Å². The van der Waals surface area contributed by atoms with E-state index < -0.39 is 0 Å². The van der Waals surface area contributed by atoms with Gasteiger partial charge in [-0.25, -0.2) is 0 Å². The van der Waals surface area contributed by atoms with Crippen LogP contribution in [0.25, 0.3) is 10.9 Å². The largest absolute Gasteiger partial charge is 0.256 e. The Morgan fingerprint density at radius 3 is 2.92 bits per heavy atom. The zero-order valence-electron chi connectivity index (χ0n) is 7.53. The average molecular weight is 189 g/mol. The van der Waals surface area contributed by atoms with Gasteiger partial charge in [0.25, 0.3) is 0 Å². The first-order valence-corrected chi connectivity index (χ1v) is 5.37. The van der Waals surface area contributed by atoms with Crippen LogP contribution in [-0.2, 0) is 0 Å². The molecular weight excluding hydrogens is 178 g/mol. The van der Waals surface area contributed by atoms with E-state index in [4.69, 9.17) is 0 Å². The van der Waals surface area contributed by atoms with Crippen molar-refractivity contribution in [3.8, 4) is 0 Å². The molecule has 2 aromatic rings. The highest BCUT2D eigenvalue weighted by atomic mass is 32.2. The maximum atomic E-state index is 4.31. The minimum absolute atomic E-state index is 1.08. The third-order valence-electron chi connectivity index (χ3n) is 1.91. The van der Waals surface area contributed by atoms with E-state index in [1.165, 1.54) is 10.3 Å². The van der Waals surface area contributed by atoms with Gasteiger partial charge in [0.1, 0.15) is 0 Å². The van der Waals surface area contributed by atoms with Crippen LogP contribution in [0.3, 0.4) is 0 Å². The second-order valence-corrected chi connectivity index (χ2v) is 4.07. The fraction of sp³-hybridized carbons (Fsp3) is 0.182. The molecule has 2 rings (SSSR count). The normalized spacial score (nSPS) is 10.5. The lowest BCUT2D eigenvalue weighted by atomic mass is 10.2. The van der Waals surface area contributed by atoms with Crippen LogP contribution in [0.1, 0.15) is 6.92 Å². The number of benzene rings is 1. The van der Waals surface area contributed by atoms with Crippen molar-refractivity contribution in [3.63, 3.8) is 0 Å². The number of hydrogen-bond acceptors (Lipinski definition) is 2. The molecule has 0 atom stereocenters. The van der Waals surface area contributed by atoms with Crippen molar-refractivity contribution < 1.29 is 0 Å². The second kappa shape index (κ2) is 3.79. The highest BCUT2D eigenvalue weighted by Crippen LogP contribution is 2.25. The molecular formula is C11H11NS. The summed E-state index contributed by atoms with van der Waals surface area (Å²) in [6, 6.07) is 10.3. The van der Waals surface area contributed by atoms with E-state index >= 15 is 0 Å². The molecule has 0 saturated carbocycles. The Balaban J connectivity index is 2.61. The van der Waals surface area contributed by atoms with Crippen molar-refractivity contribution in [2.45, 2.75) is 11.8 Å². The number of aromatic nitrogens is 1. The van der Waals surface area contributed by atoms with Gasteiger partial charge in [0.15, 0.2) is 0 Å². The number of hydrogen-bond donors (Lipinski definition) is 0. The number of para-hydroxylation sites is 1. The predicted octanol–water partition coefficient (Wildman–Crippen LogP) is 3.35. The van der Waals surface area contributed by atoms with Crippen molar-refractivity contribution in [2.75, 3.05) is 5.75 Å². The molecule has 0 spiro atoms. The second-order valence-electron chi connectivity index (χ2n) is 2.76. The summed E-state index contributed by atoms with van der Waals surface area (Å²) in [6.45, 7) is 2.17. The van der Waals surface area contributed by atoms with Crippen LogP contribution in [0.2, 0.25) is 0 Å². The van der Waals surface area contributed by atoms with Gasteiger partial charge in [0, 0.05) is 16.5 Å². The van der Waals surface area contributed by atoms with Gasteiger partial charge in [-0.3, -0.25) is 4.98 Å². The van der Waals surface area contributed by atoms with Crippen LogP contribution in [0.5, 0.6) is 0 Å². The number of pyridine rings is 1. The molecule has 0 saturated heterocycles. The van der Waals surface area contributed by atoms with Crippen LogP contribution in [0.4, 0.5) is 0 Å². The summed E-state index contributed by atoms with van der Waals surface area (Å²) in [5, 5.41) is 1.26. The van der Waals surface area contributed by atoms with Gasteiger partial charge in [0.2, 0.25) is 0 Å². The van der Waals surface area contributed by atoms with Gasteiger partial charge in [-0.05, 0) is 17.9 Å². The topological polar surface area (TPSA) is 12.9 Å². The van der Waals surface area contributed by atoms with Gasteiger partial charge >= 0.3 is 0 Å². The molecule has 0 aliphatic rings. The SMILES string of the molecule is CCSc1ccnc2ccccc12. The summed E-state index contributed by atoms with van der Waals surface area (Å²) >= 11 is 1.86. The van der Waals surface area contributed by atoms with Gasteiger partial charge in [-0.2, -0.15) is 0 Å². The zero-order chi connectivity index (χ0) is 9.10. The van der Waals surface area contributed by atoms with Crippen LogP contribution < -0.4 is 0 Å². The van der Waals surface area contributed by atoms with E-state index in [0.29, 0.717) is 0 Å². The average Bonchev–Trinajstić information content (AvgIpc) is 2.19. The van der Waals surface area contributed by atoms with Gasteiger partial charge in [0.05, 0.1) is 5.52 Å². The Hall–Kier alpha value is -1.02. The molecule has 0 aliphatic carbocycles. The van der Waals surface area contributed by atoms with Crippen molar-refractivity contribution in [3.05, 3.63) is 36.5 Å². The number of rotatable bonds is 2. The molecule has 1 heterocycles. The Morgan fingerprint density at radius 1 is 1.23 bits per heavy atom. The Morgan fingerprint density at radius 2 is 2.08 bits per heavy atom. The first-order chi connectivity index (χ1) is 6.42. The van der Waals surface area contributed by atoms with E-state index in [1.807, 2.05) is 24.0 Å². The maximum absolute atomic E-state index is 4.31. The van der Waals surface area contributed by atoms with Crippen LogP contribution in [0, 0.1) is 0 Å². The monoisotopic (exact) mass is 189 g/mol. The molecule has 2 heteroatoms. The molecule has 0 radical (unpaired) electrons. The van der Waals surface area contributed by atoms with E-state index in [-0.39, 0.29) is 0 Å². The summed E-state index contributed by atoms with van der Waals surface area (Å²) in [7, 11) is 0. The van der Waals surface area contributed by atoms with Crippen molar-refractivity contribution in [1.29, 1.82) is 0 Å². The fourth-order valence-corrected chi connectivity index (χ4v) is 2.15. The Bertz CT molecular complexity index is 406. The molecule has 66 valence electrons. The minimum Gasteiger partial charge on any atom is -0.256 e. The smallest absolute Gasteiger partial charge is 0.0713 e. The molecule has 0 bridgehead atoms. The van der Waals surface area contributed by atoms with Crippen LogP contribution >= 0.6 is 11.8 Å². The third-order valence-corrected chi connectivity index (χ3v) is 2.86. The number of fused-ring (bicyclic) bond motifs is 1. The summed E-state index contributed by atoms with van der Waals surface area (Å²) < 4.78 is 0. The molecule has 13 heavy (non-hydrogen) atoms. The van der Waals surface area contributed by atoms with Gasteiger partial charge in [-0.1, -0.05) is 25.1 Å². The van der Waals surface area contributed by atoms with E-state index in [9.17, 15) is 0 Å². The third kappa shape index (κ3) is 1.68. The highest BCUT2D eigenvalue weighted by molar-refractivity contribution is 7.99. The van der Waals surface area contributed by atoms with Crippen LogP contribution in [-0.4, -0.2) is 10.7 Å². The van der Waals surface area contributed by atoms with E-state index in [1.54, 1.807) is 0 Å². The van der Waals surface area contributed by atoms with E-state index in [0.717, 1.165) is 11.3 Å². The minimum atomic E-state index is 1.08. The lowest BCUT2D eigenvalue weighted by molar-refractivity contribution is 1.35. The lowest BCUT2D eigenvalue weighted by Gasteiger charge is -2.02. The standard InChI is InChI=1S/C11H11NS/c1-2-13-11-7-8-12-10-6-4-3-5-9(10)11/h3-8H,2H2,1H3. The molecule has 1 aromatic carbocycles. The summed E-state index contributed by atoms with van der Waals surface area (Å²) in [5.41, 5.74) is 1.08. The molecule has 0 aliphatic heterocycles. The lowest BCUT2D eigenvalue weighted by Crippen LogP contribution is -1.81. The molecule has 1 nitrogen and oxygen atoms in total. The fourth-order valence-electron chi connectivity index (χ4n) is 1.35. The predicted molar refractivity (Wildman–Crippen MR) is 58.1 cm³/mol. The number of thioether (sulfide) groups is 1. The van der Waals surface area contributed by atoms with E-state index in [2.05, 4.69) is 36.2 Å². The molecule has 0 N–H and O–H groups in total. The zero-order valence-corrected chi connectivity index (χ0v) is 8.34. The van der Waals surface area contributed by atoms with Gasteiger partial charge < -0.3 is 0 Å². The summed E-state index contributed by atoms with van der Waals surface area (Å²) in [5.74, 6) is 1.11. The van der Waals surface area contributed by atoms with Crippen LogP contribution in [0.15, 0.2) is 41.4 Å². The number of nitrogens with zero attached hydrogens (tertiary/aromatic N) is 1. The van der Waals surface area contributed by atoms with Crippen molar-refractivity contribution in [1.82, 2.24) is 4.98 Å². The van der Waals surface area contributed by atoms with Gasteiger partial charge in [-0.15, -0.1) is 11.8 Å². The Labute approximate surface area is 82.2 Å². The molecule has 1 aromatic heterocycles. The molecule has 0 fully saturated rings. The summed E-state index contributed by atoms with van der Waals surface area (Å²) in [4.78, 5) is 5.64. The first kappa shape index (κ1) is 8.57. The molecule has 0 amide bonds. The molecule has 0 unspecified atom stereocenters.